The maximum absolute atomic E-state index is 13.0. The van der Waals surface area contributed by atoms with Gasteiger partial charge < -0.3 is 9.47 Å². The maximum Gasteiger partial charge on any atom is 0.347 e. The highest BCUT2D eigenvalue weighted by Gasteiger charge is 2.58. The zero-order valence-electron chi connectivity index (χ0n) is 28.0. The summed E-state index contributed by atoms with van der Waals surface area (Å²) >= 11 is 0. The van der Waals surface area contributed by atoms with Gasteiger partial charge in [0, 0.05) is 24.4 Å². The molecule has 1 aliphatic rings. The van der Waals surface area contributed by atoms with Crippen molar-refractivity contribution in [3.8, 4) is 6.07 Å². The summed E-state index contributed by atoms with van der Waals surface area (Å²) in [6.45, 7) is 21.9. The highest BCUT2D eigenvalue weighted by molar-refractivity contribution is 7.63. The number of nitriles is 1. The van der Waals surface area contributed by atoms with E-state index in [9.17, 15) is 19.7 Å². The number of aromatic nitrogens is 4. The van der Waals surface area contributed by atoms with E-state index in [4.69, 9.17) is 14.0 Å². The molecule has 1 aliphatic heterocycles. The fraction of sp³-hybridized carbons (Fsp3) is 0.759. The number of hydrogen-bond acceptors (Lipinski definition) is 10. The molecule has 1 fully saturated rings. The van der Waals surface area contributed by atoms with E-state index in [1.54, 1.807) is 24.7 Å². The molecule has 3 N–H and O–H groups in total. The van der Waals surface area contributed by atoms with Crippen molar-refractivity contribution in [2.75, 3.05) is 18.1 Å². The van der Waals surface area contributed by atoms with Gasteiger partial charge in [0.2, 0.25) is 11.9 Å². The largest absolute Gasteiger partial charge is 0.373 e. The number of hydrogen-bond donors (Lipinski definition) is 3. The van der Waals surface area contributed by atoms with Gasteiger partial charge >= 0.3 is 7.87 Å². The third-order valence-electron chi connectivity index (χ3n) is 7.67. The molecule has 0 aliphatic carbocycles. The molecule has 3 rings (SSSR count). The number of carbonyl (C=O) groups is 1. The lowest BCUT2D eigenvalue weighted by Crippen LogP contribution is -2.45. The number of amides is 1. The molecule has 15 heteroatoms. The first-order valence-electron chi connectivity index (χ1n) is 15.4. The lowest BCUT2D eigenvalue weighted by atomic mass is 10.1. The van der Waals surface area contributed by atoms with Gasteiger partial charge in [-0.1, -0.05) is 26.9 Å². The molecule has 0 saturated carbocycles. The van der Waals surface area contributed by atoms with Crippen LogP contribution in [0.25, 0.3) is 11.2 Å². The third kappa shape index (κ3) is 7.93. The van der Waals surface area contributed by atoms with Crippen molar-refractivity contribution < 1.29 is 23.7 Å². The number of H-pyrrole nitrogens is 1. The summed E-state index contributed by atoms with van der Waals surface area (Å²) in [5.41, 5.74) is -0.525. The molecule has 2 aromatic heterocycles. The number of imidazole rings is 1. The van der Waals surface area contributed by atoms with E-state index in [1.165, 1.54) is 0 Å². The van der Waals surface area contributed by atoms with E-state index in [-0.39, 0.29) is 60.2 Å². The number of anilines is 1. The fourth-order valence-electron chi connectivity index (χ4n) is 5.65. The van der Waals surface area contributed by atoms with Crippen molar-refractivity contribution in [1.29, 1.82) is 5.26 Å². The maximum atomic E-state index is 13.0. The normalized spacial score (nSPS) is 22.5. The van der Waals surface area contributed by atoms with Crippen LogP contribution in [0.2, 0.25) is 13.1 Å². The Morgan fingerprint density at radius 1 is 1.32 bits per heavy atom. The Morgan fingerprint density at radius 2 is 1.95 bits per heavy atom. The van der Waals surface area contributed by atoms with E-state index in [0.717, 1.165) is 0 Å². The van der Waals surface area contributed by atoms with E-state index in [0.29, 0.717) is 6.42 Å². The zero-order chi connectivity index (χ0) is 33.2. The summed E-state index contributed by atoms with van der Waals surface area (Å²) < 4.78 is 23.7. The van der Waals surface area contributed by atoms with Crippen LogP contribution in [0.15, 0.2) is 11.1 Å². The van der Waals surface area contributed by atoms with Gasteiger partial charge in [-0.05, 0) is 48.5 Å². The van der Waals surface area contributed by atoms with Gasteiger partial charge in [0.1, 0.15) is 23.7 Å². The van der Waals surface area contributed by atoms with Crippen molar-refractivity contribution in [2.24, 2.45) is 5.92 Å². The number of rotatable bonds is 13. The standard InChI is InChI=1S/C29H50N7O6PSi/c1-18(2)25(37)33-27-32-24-23(26(38)34-27)31-17-35(24)29(44(10)11)15-21(22(41-29)16-40-28(7,8)9)42-43(39,14-12-13-30)36(19(3)4)20(5)6/h17-22,39,44H,12,14-16H2,1-11H3,(H-,32,33,34,37,38)/p+1/t21-,22+,29-,43?/m0/s1. The van der Waals surface area contributed by atoms with Gasteiger partial charge in [0.05, 0.1) is 39.8 Å². The van der Waals surface area contributed by atoms with Gasteiger partial charge in [-0.3, -0.25) is 24.5 Å². The molecule has 0 spiro atoms. The lowest BCUT2D eigenvalue weighted by Gasteiger charge is -2.37. The van der Waals surface area contributed by atoms with Crippen molar-refractivity contribution in [3.05, 3.63) is 16.7 Å². The molecule has 1 saturated heterocycles. The van der Waals surface area contributed by atoms with Crippen molar-refractivity contribution in [2.45, 2.75) is 123 Å². The Morgan fingerprint density at radius 3 is 2.48 bits per heavy atom. The first-order chi connectivity index (χ1) is 20.3. The van der Waals surface area contributed by atoms with Crippen LogP contribution in [0.4, 0.5) is 5.95 Å². The van der Waals surface area contributed by atoms with Crippen LogP contribution in [0.1, 0.15) is 75.2 Å². The second-order valence-corrected chi connectivity index (χ2v) is 19.3. The minimum absolute atomic E-state index is 0.0308. The summed E-state index contributed by atoms with van der Waals surface area (Å²) in [6, 6.07) is 2.11. The molecule has 44 heavy (non-hydrogen) atoms. The van der Waals surface area contributed by atoms with Gasteiger partial charge in [-0.2, -0.15) is 14.8 Å². The van der Waals surface area contributed by atoms with E-state index in [2.05, 4.69) is 39.4 Å². The Balaban J connectivity index is 2.15. The van der Waals surface area contributed by atoms with Crippen LogP contribution in [0.5, 0.6) is 0 Å². The van der Waals surface area contributed by atoms with E-state index >= 15 is 0 Å². The number of carbonyl (C=O) groups excluding carboxylic acids is 1. The monoisotopic (exact) mass is 652 g/mol. The quantitative estimate of drug-likeness (QED) is 0.211. The average molecular weight is 653 g/mol. The van der Waals surface area contributed by atoms with Crippen molar-refractivity contribution >= 4 is 39.7 Å². The van der Waals surface area contributed by atoms with Crippen LogP contribution in [0.3, 0.4) is 0 Å². The van der Waals surface area contributed by atoms with Crippen LogP contribution in [0, 0.1) is 17.2 Å². The number of fused-ring (bicyclic) bond motifs is 1. The Labute approximate surface area is 262 Å². The van der Waals surface area contributed by atoms with Crippen LogP contribution in [-0.4, -0.2) is 86.4 Å². The Kier molecular flexibility index (Phi) is 11.6. The summed E-state index contributed by atoms with van der Waals surface area (Å²) in [6.07, 6.45) is 1.08. The molecule has 4 atom stereocenters. The molecule has 0 aromatic carbocycles. The molecule has 3 heterocycles. The van der Waals surface area contributed by atoms with Gasteiger partial charge in [-0.25, -0.2) is 9.88 Å². The smallest absolute Gasteiger partial charge is 0.347 e. The summed E-state index contributed by atoms with van der Waals surface area (Å²) in [5, 5.41) is 11.2. The van der Waals surface area contributed by atoms with Crippen LogP contribution < -0.4 is 10.9 Å². The molecule has 1 unspecified atom stereocenters. The number of aromatic amines is 1. The number of ether oxygens (including phenoxy) is 2. The first kappa shape index (κ1) is 36.2. The number of nitrogens with one attached hydrogen (secondary N) is 2. The molecular formula is C29H51N7O6PSi+. The summed E-state index contributed by atoms with van der Waals surface area (Å²) in [7, 11) is -5.11. The van der Waals surface area contributed by atoms with Crippen molar-refractivity contribution in [3.63, 3.8) is 0 Å². The lowest BCUT2D eigenvalue weighted by molar-refractivity contribution is -0.118. The van der Waals surface area contributed by atoms with Crippen LogP contribution >= 0.6 is 7.87 Å². The fourth-order valence-corrected chi connectivity index (χ4v) is 10.5. The van der Waals surface area contributed by atoms with Gasteiger partial charge in [0.25, 0.3) is 5.56 Å². The molecule has 13 nitrogen and oxygen atoms in total. The predicted octanol–water partition coefficient (Wildman–Crippen LogP) is 4.17. The average Bonchev–Trinajstić information content (AvgIpc) is 3.48. The molecule has 0 radical (unpaired) electrons. The summed E-state index contributed by atoms with van der Waals surface area (Å²) in [5.74, 6) is -0.561. The SMILES string of the molecule is CC(C)C(=O)Nc1nc2c(ncn2[C@@]2([SiH](C)C)C[C@H](O[P+](O)(CCC#N)N(C(C)C)C(C)C)[C@@H](COC(C)(C)C)O2)c(=O)[nH]1. The highest BCUT2D eigenvalue weighted by atomic mass is 31.2. The second kappa shape index (κ2) is 14.0. The summed E-state index contributed by atoms with van der Waals surface area (Å²) in [4.78, 5) is 49.3. The van der Waals surface area contributed by atoms with Crippen LogP contribution in [-0.2, 0) is 24.1 Å². The van der Waals surface area contributed by atoms with E-state index in [1.807, 2.05) is 53.1 Å². The van der Waals surface area contributed by atoms with E-state index < -0.39 is 45.4 Å². The first-order valence-corrected chi connectivity index (χ1v) is 20.1. The molecule has 1 amide bonds. The number of nitrogens with zero attached hydrogens (tertiary/aromatic N) is 5. The Bertz CT molecular complexity index is 1390. The molecule has 2 aromatic rings. The molecule has 246 valence electrons. The second-order valence-electron chi connectivity index (χ2n) is 13.6. The predicted molar refractivity (Wildman–Crippen MR) is 175 cm³/mol. The Hall–Kier alpha value is -2.24. The third-order valence-corrected chi connectivity index (χ3v) is 13.2. The van der Waals surface area contributed by atoms with Gasteiger partial charge in [0.15, 0.2) is 11.2 Å². The minimum atomic E-state index is -3.26. The zero-order valence-corrected chi connectivity index (χ0v) is 30.1. The molecular weight excluding hydrogens is 601 g/mol. The minimum Gasteiger partial charge on any atom is -0.373 e. The van der Waals surface area contributed by atoms with Crippen molar-refractivity contribution in [1.82, 2.24) is 24.2 Å². The molecule has 0 bridgehead atoms. The topological polar surface area (TPSA) is 168 Å². The highest BCUT2D eigenvalue weighted by Crippen LogP contribution is 2.64. The van der Waals surface area contributed by atoms with Gasteiger partial charge in [-0.15, -0.1) is 4.67 Å².